The molecule has 0 bridgehead atoms. The monoisotopic (exact) mass is 240 g/mol. The van der Waals surface area contributed by atoms with Crippen LogP contribution in [0.5, 0.6) is 0 Å². The molecule has 2 unspecified atom stereocenters. The predicted molar refractivity (Wildman–Crippen MR) is 68.1 cm³/mol. The largest absolute Gasteiger partial charge is 0.395 e. The standard InChI is InChI=1S/C12H20N2OS/c1-14-8-10(12-3-2-6-16-12)7-11(9-14)13-4-5-15/h2-3,6,10-11,13,15H,4-5,7-9H2,1H3. The third-order valence-electron chi connectivity index (χ3n) is 3.12. The molecule has 2 heterocycles. The SMILES string of the molecule is CN1CC(NCCO)CC(c2cccs2)C1. The van der Waals surface area contributed by atoms with Gasteiger partial charge in [-0.05, 0) is 24.9 Å². The number of nitrogens with zero attached hydrogens (tertiary/aromatic N) is 1. The van der Waals surface area contributed by atoms with Crippen LogP contribution < -0.4 is 5.32 Å². The van der Waals surface area contributed by atoms with Crippen LogP contribution in [0.25, 0.3) is 0 Å². The predicted octanol–water partition coefficient (Wildman–Crippen LogP) is 1.12. The van der Waals surface area contributed by atoms with Crippen LogP contribution in [0.1, 0.15) is 17.2 Å². The van der Waals surface area contributed by atoms with Crippen molar-refractivity contribution >= 4 is 11.3 Å². The van der Waals surface area contributed by atoms with Crippen molar-refractivity contribution in [3.8, 4) is 0 Å². The Kier molecular flexibility index (Phi) is 4.35. The average molecular weight is 240 g/mol. The Morgan fingerprint density at radius 1 is 1.56 bits per heavy atom. The summed E-state index contributed by atoms with van der Waals surface area (Å²) in [5.74, 6) is 0.648. The van der Waals surface area contributed by atoms with E-state index in [-0.39, 0.29) is 6.61 Å². The molecule has 1 fully saturated rings. The van der Waals surface area contributed by atoms with Gasteiger partial charge in [-0.3, -0.25) is 0 Å². The van der Waals surface area contributed by atoms with Gasteiger partial charge in [-0.2, -0.15) is 0 Å². The van der Waals surface area contributed by atoms with Crippen molar-refractivity contribution < 1.29 is 5.11 Å². The van der Waals surface area contributed by atoms with E-state index in [2.05, 4.69) is 34.8 Å². The highest BCUT2D eigenvalue weighted by Gasteiger charge is 2.26. The van der Waals surface area contributed by atoms with Crippen LogP contribution in [-0.2, 0) is 0 Å². The zero-order valence-electron chi connectivity index (χ0n) is 9.72. The van der Waals surface area contributed by atoms with Gasteiger partial charge >= 0.3 is 0 Å². The molecule has 1 aromatic rings. The summed E-state index contributed by atoms with van der Waals surface area (Å²) < 4.78 is 0. The van der Waals surface area contributed by atoms with Gasteiger partial charge in [0.15, 0.2) is 0 Å². The molecule has 3 nitrogen and oxygen atoms in total. The molecule has 1 aliphatic heterocycles. The number of nitrogens with one attached hydrogen (secondary N) is 1. The second-order valence-electron chi connectivity index (χ2n) is 4.54. The maximum atomic E-state index is 8.84. The third kappa shape index (κ3) is 3.04. The van der Waals surface area contributed by atoms with Crippen LogP contribution >= 0.6 is 11.3 Å². The maximum absolute atomic E-state index is 8.84. The Hall–Kier alpha value is -0.420. The van der Waals surface area contributed by atoms with E-state index in [1.165, 1.54) is 11.3 Å². The third-order valence-corrected chi connectivity index (χ3v) is 4.16. The van der Waals surface area contributed by atoms with Crippen molar-refractivity contribution in [1.82, 2.24) is 10.2 Å². The molecule has 90 valence electrons. The van der Waals surface area contributed by atoms with Gasteiger partial charge in [0.1, 0.15) is 0 Å². The molecule has 0 saturated carbocycles. The first-order valence-corrected chi connectivity index (χ1v) is 6.73. The minimum atomic E-state index is 0.226. The smallest absolute Gasteiger partial charge is 0.0556 e. The summed E-state index contributed by atoms with van der Waals surface area (Å²) in [7, 11) is 2.17. The molecule has 0 radical (unpaired) electrons. The molecule has 0 aliphatic carbocycles. The summed E-state index contributed by atoms with van der Waals surface area (Å²) >= 11 is 1.85. The van der Waals surface area contributed by atoms with E-state index in [9.17, 15) is 0 Å². The molecular formula is C12H20N2OS. The van der Waals surface area contributed by atoms with Gasteiger partial charge in [0.25, 0.3) is 0 Å². The highest BCUT2D eigenvalue weighted by molar-refractivity contribution is 7.10. The number of hydrogen-bond donors (Lipinski definition) is 2. The van der Waals surface area contributed by atoms with E-state index in [1.54, 1.807) is 0 Å². The number of aliphatic hydroxyl groups excluding tert-OH is 1. The van der Waals surface area contributed by atoms with Crippen LogP contribution in [-0.4, -0.2) is 49.3 Å². The van der Waals surface area contributed by atoms with Gasteiger partial charge in [-0.15, -0.1) is 11.3 Å². The van der Waals surface area contributed by atoms with Crippen LogP contribution in [0.4, 0.5) is 0 Å². The van der Waals surface area contributed by atoms with Crippen molar-refractivity contribution in [2.75, 3.05) is 33.3 Å². The van der Waals surface area contributed by atoms with E-state index >= 15 is 0 Å². The van der Waals surface area contributed by atoms with Gasteiger partial charge in [-0.1, -0.05) is 6.07 Å². The first-order valence-electron chi connectivity index (χ1n) is 5.85. The Bertz CT molecular complexity index is 302. The van der Waals surface area contributed by atoms with Gasteiger partial charge in [0, 0.05) is 36.5 Å². The van der Waals surface area contributed by atoms with Gasteiger partial charge < -0.3 is 15.3 Å². The highest BCUT2D eigenvalue weighted by Crippen LogP contribution is 2.29. The fourth-order valence-corrected chi connectivity index (χ4v) is 3.30. The number of rotatable bonds is 4. The molecular weight excluding hydrogens is 220 g/mol. The number of hydrogen-bond acceptors (Lipinski definition) is 4. The van der Waals surface area contributed by atoms with E-state index in [4.69, 9.17) is 5.11 Å². The molecule has 0 spiro atoms. The minimum Gasteiger partial charge on any atom is -0.395 e. The molecule has 1 saturated heterocycles. The van der Waals surface area contributed by atoms with E-state index in [0.717, 1.165) is 13.1 Å². The van der Waals surface area contributed by atoms with Gasteiger partial charge in [0.2, 0.25) is 0 Å². The number of likely N-dealkylation sites (N-methyl/N-ethyl adjacent to an activating group) is 1. The lowest BCUT2D eigenvalue weighted by Crippen LogP contribution is -2.47. The van der Waals surface area contributed by atoms with Crippen molar-refractivity contribution in [1.29, 1.82) is 0 Å². The summed E-state index contributed by atoms with van der Waals surface area (Å²) in [5, 5.41) is 14.4. The number of thiophene rings is 1. The van der Waals surface area contributed by atoms with E-state index in [0.29, 0.717) is 18.5 Å². The number of likely N-dealkylation sites (tertiary alicyclic amines) is 1. The molecule has 1 aliphatic rings. The van der Waals surface area contributed by atoms with Crippen LogP contribution in [0.3, 0.4) is 0 Å². The van der Waals surface area contributed by atoms with E-state index in [1.807, 2.05) is 11.3 Å². The zero-order chi connectivity index (χ0) is 11.4. The lowest BCUT2D eigenvalue weighted by atomic mass is 9.93. The summed E-state index contributed by atoms with van der Waals surface area (Å²) in [6.07, 6.45) is 1.19. The Labute approximate surface area is 101 Å². The fraction of sp³-hybridized carbons (Fsp3) is 0.667. The van der Waals surface area contributed by atoms with Crippen molar-refractivity contribution in [2.45, 2.75) is 18.4 Å². The lowest BCUT2D eigenvalue weighted by Gasteiger charge is -2.35. The van der Waals surface area contributed by atoms with Crippen molar-refractivity contribution in [3.63, 3.8) is 0 Å². The lowest BCUT2D eigenvalue weighted by molar-refractivity contribution is 0.196. The summed E-state index contributed by atoms with van der Waals surface area (Å²) in [6.45, 7) is 3.17. The summed E-state index contributed by atoms with van der Waals surface area (Å²) in [4.78, 5) is 3.87. The normalized spacial score (nSPS) is 27.1. The molecule has 2 rings (SSSR count). The van der Waals surface area contributed by atoms with Gasteiger partial charge in [0.05, 0.1) is 6.61 Å². The Morgan fingerprint density at radius 3 is 3.12 bits per heavy atom. The molecule has 2 N–H and O–H groups in total. The Morgan fingerprint density at radius 2 is 2.44 bits per heavy atom. The maximum Gasteiger partial charge on any atom is 0.0556 e. The molecule has 0 amide bonds. The van der Waals surface area contributed by atoms with Crippen LogP contribution in [0.15, 0.2) is 17.5 Å². The van der Waals surface area contributed by atoms with Crippen LogP contribution in [0.2, 0.25) is 0 Å². The second-order valence-corrected chi connectivity index (χ2v) is 5.52. The number of piperidine rings is 1. The first kappa shape index (κ1) is 12.0. The van der Waals surface area contributed by atoms with Crippen LogP contribution in [0, 0.1) is 0 Å². The molecule has 0 aromatic carbocycles. The van der Waals surface area contributed by atoms with Gasteiger partial charge in [-0.25, -0.2) is 0 Å². The average Bonchev–Trinajstić information content (AvgIpc) is 2.79. The van der Waals surface area contributed by atoms with Crippen molar-refractivity contribution in [3.05, 3.63) is 22.4 Å². The zero-order valence-corrected chi connectivity index (χ0v) is 10.5. The highest BCUT2D eigenvalue weighted by atomic mass is 32.1. The quantitative estimate of drug-likeness (QED) is 0.828. The summed E-state index contributed by atoms with van der Waals surface area (Å²) in [6, 6.07) is 4.88. The molecule has 1 aromatic heterocycles. The molecule has 2 atom stereocenters. The second kappa shape index (κ2) is 5.77. The number of aliphatic hydroxyl groups is 1. The molecule has 16 heavy (non-hydrogen) atoms. The molecule has 4 heteroatoms. The topological polar surface area (TPSA) is 35.5 Å². The fourth-order valence-electron chi connectivity index (χ4n) is 2.47. The minimum absolute atomic E-state index is 0.226. The van der Waals surface area contributed by atoms with E-state index < -0.39 is 0 Å². The first-order chi connectivity index (χ1) is 7.79. The Balaban J connectivity index is 1.94. The summed E-state index contributed by atoms with van der Waals surface area (Å²) in [5.41, 5.74) is 0. The van der Waals surface area contributed by atoms with Crippen molar-refractivity contribution in [2.24, 2.45) is 0 Å².